The van der Waals surface area contributed by atoms with Crippen molar-refractivity contribution in [2.45, 2.75) is 24.7 Å². The SMILES string of the molecule is C#Cc1ccc(SCCCC)cc1. The highest BCUT2D eigenvalue weighted by Gasteiger charge is 1.92. The lowest BCUT2D eigenvalue weighted by molar-refractivity contribution is 0.896. The summed E-state index contributed by atoms with van der Waals surface area (Å²) in [5, 5.41) is 0. The summed E-state index contributed by atoms with van der Waals surface area (Å²) in [4.78, 5) is 1.31. The standard InChI is InChI=1S/C12H14S/c1-3-5-10-13-12-8-6-11(4-2)7-9-12/h2,6-9H,3,5,10H2,1H3. The van der Waals surface area contributed by atoms with Crippen molar-refractivity contribution in [1.29, 1.82) is 0 Å². The molecule has 1 heteroatoms. The van der Waals surface area contributed by atoms with Crippen LogP contribution in [0.2, 0.25) is 0 Å². The van der Waals surface area contributed by atoms with Crippen molar-refractivity contribution in [2.75, 3.05) is 5.75 Å². The van der Waals surface area contributed by atoms with Gasteiger partial charge in [-0.15, -0.1) is 18.2 Å². The second-order valence-electron chi connectivity index (χ2n) is 2.87. The van der Waals surface area contributed by atoms with E-state index in [9.17, 15) is 0 Å². The van der Waals surface area contributed by atoms with E-state index in [1.807, 2.05) is 23.9 Å². The number of unbranched alkanes of at least 4 members (excludes halogenated alkanes) is 1. The van der Waals surface area contributed by atoms with Crippen LogP contribution in [0, 0.1) is 12.3 Å². The van der Waals surface area contributed by atoms with Gasteiger partial charge in [0.15, 0.2) is 0 Å². The maximum Gasteiger partial charge on any atom is 0.0243 e. The quantitative estimate of drug-likeness (QED) is 0.397. The van der Waals surface area contributed by atoms with E-state index in [0.717, 1.165) is 5.56 Å². The number of hydrogen-bond acceptors (Lipinski definition) is 1. The highest BCUT2D eigenvalue weighted by molar-refractivity contribution is 7.99. The summed E-state index contributed by atoms with van der Waals surface area (Å²) in [5.41, 5.74) is 0.958. The number of benzene rings is 1. The Hall–Kier alpha value is -0.870. The summed E-state index contributed by atoms with van der Waals surface area (Å²) in [6.45, 7) is 2.21. The Morgan fingerprint density at radius 3 is 2.54 bits per heavy atom. The predicted octanol–water partition coefficient (Wildman–Crippen LogP) is 3.56. The largest absolute Gasteiger partial charge is 0.126 e. The Kier molecular flexibility index (Phi) is 4.49. The van der Waals surface area contributed by atoms with Crippen molar-refractivity contribution < 1.29 is 0 Å². The molecule has 0 aromatic heterocycles. The van der Waals surface area contributed by atoms with E-state index >= 15 is 0 Å². The van der Waals surface area contributed by atoms with Gasteiger partial charge < -0.3 is 0 Å². The lowest BCUT2D eigenvalue weighted by atomic mass is 10.2. The fourth-order valence-corrected chi connectivity index (χ4v) is 1.98. The number of terminal acetylenes is 1. The van der Waals surface area contributed by atoms with Crippen LogP contribution in [0.25, 0.3) is 0 Å². The van der Waals surface area contributed by atoms with Gasteiger partial charge in [0.05, 0.1) is 0 Å². The van der Waals surface area contributed by atoms with Crippen LogP contribution >= 0.6 is 11.8 Å². The minimum Gasteiger partial charge on any atom is -0.126 e. The summed E-state index contributed by atoms with van der Waals surface area (Å²) in [6, 6.07) is 8.17. The van der Waals surface area contributed by atoms with Crippen molar-refractivity contribution in [3.05, 3.63) is 29.8 Å². The Morgan fingerprint density at radius 1 is 1.31 bits per heavy atom. The van der Waals surface area contributed by atoms with E-state index in [1.165, 1.54) is 23.5 Å². The number of hydrogen-bond donors (Lipinski definition) is 0. The highest BCUT2D eigenvalue weighted by atomic mass is 32.2. The minimum atomic E-state index is 0.958. The first-order chi connectivity index (χ1) is 6.36. The molecule has 0 bridgehead atoms. The van der Waals surface area contributed by atoms with Crippen LogP contribution in [0.1, 0.15) is 25.3 Å². The second kappa shape index (κ2) is 5.72. The van der Waals surface area contributed by atoms with Crippen LogP contribution in [0.3, 0.4) is 0 Å². The van der Waals surface area contributed by atoms with Gasteiger partial charge in [0.25, 0.3) is 0 Å². The van der Waals surface area contributed by atoms with E-state index in [4.69, 9.17) is 6.42 Å². The van der Waals surface area contributed by atoms with Gasteiger partial charge in [-0.2, -0.15) is 0 Å². The third-order valence-electron chi connectivity index (χ3n) is 1.79. The molecular formula is C12H14S. The molecule has 0 saturated carbocycles. The summed E-state index contributed by atoms with van der Waals surface area (Å²) in [6.07, 6.45) is 7.80. The molecule has 0 aliphatic carbocycles. The van der Waals surface area contributed by atoms with Crippen LogP contribution in [0.15, 0.2) is 29.2 Å². The zero-order valence-electron chi connectivity index (χ0n) is 7.92. The molecule has 0 aliphatic heterocycles. The molecule has 1 aromatic carbocycles. The molecule has 0 N–H and O–H groups in total. The van der Waals surface area contributed by atoms with Crippen molar-refractivity contribution in [2.24, 2.45) is 0 Å². The van der Waals surface area contributed by atoms with E-state index in [1.54, 1.807) is 0 Å². The summed E-state index contributed by atoms with van der Waals surface area (Å²) < 4.78 is 0. The molecule has 1 rings (SSSR count). The van der Waals surface area contributed by atoms with Gasteiger partial charge in [-0.25, -0.2) is 0 Å². The first-order valence-electron chi connectivity index (χ1n) is 4.56. The van der Waals surface area contributed by atoms with Crippen molar-refractivity contribution in [3.63, 3.8) is 0 Å². The maximum atomic E-state index is 5.26. The maximum absolute atomic E-state index is 5.26. The van der Waals surface area contributed by atoms with Gasteiger partial charge in [0.2, 0.25) is 0 Å². The lowest BCUT2D eigenvalue weighted by Gasteiger charge is -1.99. The molecule has 0 heterocycles. The molecule has 1 aromatic rings. The van der Waals surface area contributed by atoms with Crippen molar-refractivity contribution >= 4 is 11.8 Å². The molecule has 0 aliphatic rings. The Bertz CT molecular complexity index is 279. The van der Waals surface area contributed by atoms with Crippen LogP contribution < -0.4 is 0 Å². The van der Waals surface area contributed by atoms with Gasteiger partial charge >= 0.3 is 0 Å². The van der Waals surface area contributed by atoms with Crippen LogP contribution in [0.4, 0.5) is 0 Å². The zero-order valence-corrected chi connectivity index (χ0v) is 8.73. The van der Waals surface area contributed by atoms with Crippen LogP contribution in [-0.2, 0) is 0 Å². The zero-order chi connectivity index (χ0) is 9.52. The average molecular weight is 190 g/mol. The van der Waals surface area contributed by atoms with E-state index in [0.29, 0.717) is 0 Å². The van der Waals surface area contributed by atoms with Gasteiger partial charge in [-0.05, 0) is 36.4 Å². The molecule has 68 valence electrons. The van der Waals surface area contributed by atoms with Crippen LogP contribution in [0.5, 0.6) is 0 Å². The van der Waals surface area contributed by atoms with Gasteiger partial charge in [0, 0.05) is 10.5 Å². The van der Waals surface area contributed by atoms with E-state index < -0.39 is 0 Å². The van der Waals surface area contributed by atoms with Crippen molar-refractivity contribution in [1.82, 2.24) is 0 Å². The fraction of sp³-hybridized carbons (Fsp3) is 0.333. The van der Waals surface area contributed by atoms with E-state index in [-0.39, 0.29) is 0 Å². The lowest BCUT2D eigenvalue weighted by Crippen LogP contribution is -1.79. The monoisotopic (exact) mass is 190 g/mol. The molecule has 13 heavy (non-hydrogen) atoms. The first-order valence-corrected chi connectivity index (χ1v) is 5.55. The average Bonchev–Trinajstić information content (AvgIpc) is 2.19. The Balaban J connectivity index is 2.46. The smallest absolute Gasteiger partial charge is 0.0243 e. The summed E-state index contributed by atoms with van der Waals surface area (Å²) in [7, 11) is 0. The predicted molar refractivity (Wildman–Crippen MR) is 60.0 cm³/mol. The topological polar surface area (TPSA) is 0 Å². The third kappa shape index (κ3) is 3.57. The molecule has 0 fully saturated rings. The minimum absolute atomic E-state index is 0.958. The Morgan fingerprint density at radius 2 is 2.00 bits per heavy atom. The van der Waals surface area contributed by atoms with Gasteiger partial charge in [-0.3, -0.25) is 0 Å². The molecule has 0 atom stereocenters. The van der Waals surface area contributed by atoms with Crippen LogP contribution in [-0.4, -0.2) is 5.75 Å². The Labute approximate surface area is 84.7 Å². The highest BCUT2D eigenvalue weighted by Crippen LogP contribution is 2.19. The molecule has 0 nitrogen and oxygen atoms in total. The molecule has 0 unspecified atom stereocenters. The van der Waals surface area contributed by atoms with Crippen molar-refractivity contribution in [3.8, 4) is 12.3 Å². The fourth-order valence-electron chi connectivity index (χ4n) is 0.982. The summed E-state index contributed by atoms with van der Waals surface area (Å²) in [5.74, 6) is 3.81. The molecule has 0 radical (unpaired) electrons. The number of rotatable bonds is 4. The third-order valence-corrected chi connectivity index (χ3v) is 2.89. The van der Waals surface area contributed by atoms with Gasteiger partial charge in [-0.1, -0.05) is 19.3 Å². The second-order valence-corrected chi connectivity index (χ2v) is 4.04. The van der Waals surface area contributed by atoms with E-state index in [2.05, 4.69) is 25.0 Å². The molecular weight excluding hydrogens is 176 g/mol. The summed E-state index contributed by atoms with van der Waals surface area (Å²) >= 11 is 1.90. The molecule has 0 amide bonds. The molecule has 0 spiro atoms. The first kappa shape index (κ1) is 10.2. The molecule has 0 saturated heterocycles. The number of thioether (sulfide) groups is 1. The van der Waals surface area contributed by atoms with Gasteiger partial charge in [0.1, 0.15) is 0 Å². The normalized spacial score (nSPS) is 9.54.